The first-order chi connectivity index (χ1) is 18.2. The zero-order valence-electron chi connectivity index (χ0n) is 22.1. The monoisotopic (exact) mass is 542 g/mol. The Kier molecular flexibility index (Phi) is 8.76. The van der Waals surface area contributed by atoms with E-state index in [2.05, 4.69) is 29.9 Å². The Morgan fingerprint density at radius 3 is 2.39 bits per heavy atom. The highest BCUT2D eigenvalue weighted by Crippen LogP contribution is 2.30. The van der Waals surface area contributed by atoms with Crippen LogP contribution >= 0.6 is 11.3 Å². The number of nitrogens with zero attached hydrogens (tertiary/aromatic N) is 2. The van der Waals surface area contributed by atoms with Gasteiger partial charge < -0.3 is 16.0 Å². The molecule has 0 bridgehead atoms. The molecule has 0 atom stereocenters. The maximum Gasteiger partial charge on any atom is 0.255 e. The Bertz CT molecular complexity index is 1370. The van der Waals surface area contributed by atoms with Crippen molar-refractivity contribution in [1.82, 2.24) is 9.88 Å². The molecule has 2 heterocycles. The Morgan fingerprint density at radius 2 is 1.74 bits per heavy atom. The van der Waals surface area contributed by atoms with Crippen molar-refractivity contribution in [1.29, 1.82) is 0 Å². The molecule has 0 aliphatic carbocycles. The summed E-state index contributed by atoms with van der Waals surface area (Å²) >= 11 is 1.64. The fourth-order valence-corrected chi connectivity index (χ4v) is 5.71. The highest BCUT2D eigenvalue weighted by Gasteiger charge is 2.20. The van der Waals surface area contributed by atoms with E-state index in [1.54, 1.807) is 35.9 Å². The molecule has 0 saturated heterocycles. The molecule has 0 spiro atoms. The number of carbonyl (C=O) groups excluding carboxylic acids is 2. The van der Waals surface area contributed by atoms with Gasteiger partial charge in [0.15, 0.2) is 0 Å². The van der Waals surface area contributed by atoms with Crippen LogP contribution in [0.5, 0.6) is 0 Å². The molecule has 8 heteroatoms. The van der Waals surface area contributed by atoms with Crippen molar-refractivity contribution in [3.63, 3.8) is 0 Å². The minimum atomic E-state index is -1.34. The van der Waals surface area contributed by atoms with E-state index in [0.717, 1.165) is 27.6 Å². The molecule has 6 nitrogen and oxygen atoms in total. The number of nitrogen functional groups attached to an aromatic ring is 1. The summed E-state index contributed by atoms with van der Waals surface area (Å²) in [4.78, 5) is 33.4. The molecule has 4 aromatic rings. The number of amides is 2. The van der Waals surface area contributed by atoms with Gasteiger partial charge in [0, 0.05) is 50.4 Å². The van der Waals surface area contributed by atoms with Crippen LogP contribution < -0.4 is 11.1 Å². The fraction of sp³-hybridized carbons (Fsp3) is 0.233. The summed E-state index contributed by atoms with van der Waals surface area (Å²) in [6.45, 7) is 7.81. The molecule has 2 amide bonds. The number of benzene rings is 2. The second-order valence-corrected chi connectivity index (χ2v) is 17.2. The maximum atomic E-state index is 13.2. The minimum absolute atomic E-state index is 0.138. The van der Waals surface area contributed by atoms with Crippen LogP contribution in [0.3, 0.4) is 0 Å². The minimum Gasteiger partial charge on any atom is -0.397 e. The van der Waals surface area contributed by atoms with Crippen LogP contribution in [0.15, 0.2) is 84.5 Å². The third kappa shape index (κ3) is 7.63. The summed E-state index contributed by atoms with van der Waals surface area (Å²) in [6, 6.07) is 21.9. The molecule has 196 valence electrons. The molecule has 4 rings (SSSR count). The Morgan fingerprint density at radius 1 is 0.974 bits per heavy atom. The molecule has 38 heavy (non-hydrogen) atoms. The third-order valence-corrected chi connectivity index (χ3v) is 8.90. The quantitative estimate of drug-likeness (QED) is 0.168. The highest BCUT2D eigenvalue weighted by molar-refractivity contribution is 7.13. The number of hydrogen-bond donors (Lipinski definition) is 2. The van der Waals surface area contributed by atoms with Gasteiger partial charge in [-0.25, -0.2) is 0 Å². The van der Waals surface area contributed by atoms with Crippen LogP contribution in [-0.2, 0) is 17.9 Å². The predicted molar refractivity (Wildman–Crippen MR) is 160 cm³/mol. The van der Waals surface area contributed by atoms with Crippen LogP contribution in [-0.4, -0.2) is 29.8 Å². The number of aromatic nitrogens is 1. The summed E-state index contributed by atoms with van der Waals surface area (Å²) in [7, 11) is -1.34. The summed E-state index contributed by atoms with van der Waals surface area (Å²) in [5.74, 6) is -0.0933. The van der Waals surface area contributed by atoms with Crippen molar-refractivity contribution in [3.8, 4) is 10.4 Å². The van der Waals surface area contributed by atoms with E-state index in [-0.39, 0.29) is 11.8 Å². The smallest absolute Gasteiger partial charge is 0.255 e. The van der Waals surface area contributed by atoms with Gasteiger partial charge in [-0.05, 0) is 64.5 Å². The Labute approximate surface area is 229 Å². The number of nitrogens with two attached hydrogens (primary N) is 1. The molecule has 0 saturated carbocycles. The zero-order valence-corrected chi connectivity index (χ0v) is 23.9. The SMILES string of the molecule is C[Si](C)(C)CCC(=O)N(Cc1ccc(C(=O)Nc2cc(-c3cccs3)ccc2N)cc1)Cc1cccnc1. The number of carbonyl (C=O) groups is 2. The summed E-state index contributed by atoms with van der Waals surface area (Å²) in [5.41, 5.74) is 10.7. The summed E-state index contributed by atoms with van der Waals surface area (Å²) < 4.78 is 0. The molecule has 0 aliphatic heterocycles. The third-order valence-electron chi connectivity index (χ3n) is 6.23. The zero-order chi connectivity index (χ0) is 27.1. The molecule has 0 aliphatic rings. The van der Waals surface area contributed by atoms with Crippen molar-refractivity contribution < 1.29 is 9.59 Å². The molecule has 0 fully saturated rings. The van der Waals surface area contributed by atoms with E-state index < -0.39 is 8.07 Å². The standard InChI is InChI=1S/C30H34N4O2SSi/c1-38(2,3)17-14-29(35)34(21-23-6-4-15-32-19-23)20-22-8-10-24(11-9-22)30(36)33-27-18-25(12-13-26(27)31)28-7-5-16-37-28/h4-13,15-16,18-19H,14,17,20-21,31H2,1-3H3,(H,33,36). The van der Waals surface area contributed by atoms with Crippen LogP contribution in [0.2, 0.25) is 25.7 Å². The topological polar surface area (TPSA) is 88.3 Å². The van der Waals surface area contributed by atoms with Gasteiger partial charge in [0.25, 0.3) is 5.91 Å². The Balaban J connectivity index is 1.45. The van der Waals surface area contributed by atoms with Crippen molar-refractivity contribution in [2.24, 2.45) is 0 Å². The number of thiophene rings is 1. The number of hydrogen-bond acceptors (Lipinski definition) is 5. The van der Waals surface area contributed by atoms with Crippen LogP contribution in [0.25, 0.3) is 10.4 Å². The van der Waals surface area contributed by atoms with E-state index >= 15 is 0 Å². The molecule has 2 aromatic carbocycles. The van der Waals surface area contributed by atoms with Gasteiger partial charge in [-0.1, -0.05) is 50.0 Å². The van der Waals surface area contributed by atoms with E-state index in [0.29, 0.717) is 36.4 Å². The van der Waals surface area contributed by atoms with Gasteiger partial charge in [-0.15, -0.1) is 11.3 Å². The van der Waals surface area contributed by atoms with Crippen LogP contribution in [0, 0.1) is 0 Å². The number of rotatable bonds is 10. The molecule has 3 N–H and O–H groups in total. The van der Waals surface area contributed by atoms with E-state index in [4.69, 9.17) is 5.73 Å². The average Bonchev–Trinajstić information content (AvgIpc) is 3.44. The second kappa shape index (κ2) is 12.2. The van der Waals surface area contributed by atoms with Crippen LogP contribution in [0.4, 0.5) is 11.4 Å². The van der Waals surface area contributed by atoms with E-state index in [1.807, 2.05) is 64.9 Å². The largest absolute Gasteiger partial charge is 0.397 e. The van der Waals surface area contributed by atoms with Crippen molar-refractivity contribution in [2.75, 3.05) is 11.1 Å². The molecule has 0 radical (unpaired) electrons. The number of anilines is 2. The lowest BCUT2D eigenvalue weighted by molar-refractivity contribution is -0.132. The maximum absolute atomic E-state index is 13.2. The fourth-order valence-electron chi connectivity index (χ4n) is 4.02. The lowest BCUT2D eigenvalue weighted by atomic mass is 10.1. The summed E-state index contributed by atoms with van der Waals surface area (Å²) in [6.07, 6.45) is 4.07. The molecular formula is C30H34N4O2SSi. The number of nitrogens with one attached hydrogen (secondary N) is 1. The van der Waals surface area contributed by atoms with E-state index in [1.165, 1.54) is 0 Å². The van der Waals surface area contributed by atoms with Gasteiger partial charge in [-0.3, -0.25) is 14.6 Å². The van der Waals surface area contributed by atoms with Crippen molar-refractivity contribution >= 4 is 42.6 Å². The van der Waals surface area contributed by atoms with Gasteiger partial charge in [-0.2, -0.15) is 0 Å². The van der Waals surface area contributed by atoms with Crippen molar-refractivity contribution in [3.05, 3.63) is 101 Å². The lowest BCUT2D eigenvalue weighted by Crippen LogP contribution is -2.32. The predicted octanol–water partition coefficient (Wildman–Crippen LogP) is 6.90. The van der Waals surface area contributed by atoms with Gasteiger partial charge in [0.2, 0.25) is 5.91 Å². The van der Waals surface area contributed by atoms with Crippen LogP contribution in [0.1, 0.15) is 27.9 Å². The second-order valence-electron chi connectivity index (χ2n) is 10.6. The summed E-state index contributed by atoms with van der Waals surface area (Å²) in [5, 5.41) is 4.96. The first-order valence-corrected chi connectivity index (χ1v) is 17.3. The normalized spacial score (nSPS) is 11.2. The highest BCUT2D eigenvalue weighted by atomic mass is 32.1. The van der Waals surface area contributed by atoms with Gasteiger partial charge in [0.05, 0.1) is 11.4 Å². The first kappa shape index (κ1) is 27.3. The first-order valence-electron chi connectivity index (χ1n) is 12.7. The van der Waals surface area contributed by atoms with E-state index in [9.17, 15) is 9.59 Å². The Hall–Kier alpha value is -3.75. The lowest BCUT2D eigenvalue weighted by Gasteiger charge is -2.25. The van der Waals surface area contributed by atoms with Gasteiger partial charge in [0.1, 0.15) is 0 Å². The molecule has 2 aromatic heterocycles. The average molecular weight is 543 g/mol. The number of pyridine rings is 1. The van der Waals surface area contributed by atoms with Gasteiger partial charge >= 0.3 is 0 Å². The molecule has 0 unspecified atom stereocenters. The molecular weight excluding hydrogens is 509 g/mol. The van der Waals surface area contributed by atoms with Crippen molar-refractivity contribution in [2.45, 2.75) is 45.2 Å².